The predicted octanol–water partition coefficient (Wildman–Crippen LogP) is -0.415. The average molecular weight is 229 g/mol. The summed E-state index contributed by atoms with van der Waals surface area (Å²) in [6, 6.07) is -1.26. The third kappa shape index (κ3) is 6.82. The Morgan fingerprint density at radius 3 is 2.46 bits per heavy atom. The van der Waals surface area contributed by atoms with Crippen LogP contribution in [0, 0.1) is 0 Å². The summed E-state index contributed by atoms with van der Waals surface area (Å²) in [4.78, 5) is 10.4. The Morgan fingerprint density at radius 2 is 2.15 bits per heavy atom. The Balaban J connectivity index is 4.19. The van der Waals surface area contributed by atoms with Crippen LogP contribution >= 0.6 is 11.8 Å². The van der Waals surface area contributed by atoms with E-state index in [0.717, 1.165) is 0 Å². The molecule has 0 aliphatic carbocycles. The van der Waals surface area contributed by atoms with Gasteiger partial charge >= 0.3 is 16.3 Å². The molecule has 0 amide bonds. The number of rotatable bonds is 6. The second-order valence-corrected chi connectivity index (χ2v) is 4.44. The summed E-state index contributed by atoms with van der Waals surface area (Å²) in [6.45, 7) is 0. The molecule has 6 nitrogen and oxygen atoms in total. The van der Waals surface area contributed by atoms with Crippen molar-refractivity contribution in [2.45, 2.75) is 12.5 Å². The van der Waals surface area contributed by atoms with Crippen molar-refractivity contribution >= 4 is 28.0 Å². The molecular formula is C5H11NO5S2. The van der Waals surface area contributed by atoms with Gasteiger partial charge in [0.05, 0.1) is 0 Å². The van der Waals surface area contributed by atoms with Crippen LogP contribution < -0.4 is 4.72 Å². The lowest BCUT2D eigenvalue weighted by atomic mass is 10.2. The molecule has 3 N–H and O–H groups in total. The number of carboxylic acid groups (broad SMARTS) is 1. The summed E-state index contributed by atoms with van der Waals surface area (Å²) in [7, 11) is -4.44. The largest absolute Gasteiger partial charge is 0.480 e. The third-order valence-electron chi connectivity index (χ3n) is 1.20. The van der Waals surface area contributed by atoms with Gasteiger partial charge in [-0.1, -0.05) is 0 Å². The van der Waals surface area contributed by atoms with Crippen molar-refractivity contribution < 1.29 is 22.9 Å². The monoisotopic (exact) mass is 229 g/mol. The highest BCUT2D eigenvalue weighted by Gasteiger charge is 2.21. The molecule has 13 heavy (non-hydrogen) atoms. The minimum atomic E-state index is -4.44. The smallest absolute Gasteiger partial charge is 0.334 e. The Kier molecular flexibility index (Phi) is 5.30. The number of aliphatic carboxylic acids is 1. The number of nitrogens with one attached hydrogen (secondary N) is 1. The lowest BCUT2D eigenvalue weighted by molar-refractivity contribution is -0.139. The Hall–Kier alpha value is -0.310. The topological polar surface area (TPSA) is 104 Å². The number of thioether (sulfide) groups is 1. The first-order valence-electron chi connectivity index (χ1n) is 3.33. The fraction of sp³-hybridized carbons (Fsp3) is 0.800. The molecular weight excluding hydrogens is 218 g/mol. The maximum Gasteiger partial charge on any atom is 0.334 e. The van der Waals surface area contributed by atoms with Crippen LogP contribution in [0.2, 0.25) is 0 Å². The van der Waals surface area contributed by atoms with Crippen molar-refractivity contribution in [1.29, 1.82) is 0 Å². The molecule has 0 fully saturated rings. The van der Waals surface area contributed by atoms with Gasteiger partial charge in [-0.15, -0.1) is 0 Å². The van der Waals surface area contributed by atoms with Gasteiger partial charge in [-0.2, -0.15) is 24.9 Å². The summed E-state index contributed by atoms with van der Waals surface area (Å²) in [5, 5.41) is 8.52. The number of hydrogen-bond donors (Lipinski definition) is 3. The zero-order valence-electron chi connectivity index (χ0n) is 6.93. The SMILES string of the molecule is CSCC[C@H](NS(=O)(=O)O)C(=O)O. The third-order valence-corrected chi connectivity index (χ3v) is 2.43. The van der Waals surface area contributed by atoms with Gasteiger partial charge in [0.1, 0.15) is 6.04 Å². The number of hydrogen-bond acceptors (Lipinski definition) is 4. The Morgan fingerprint density at radius 1 is 1.62 bits per heavy atom. The van der Waals surface area contributed by atoms with E-state index in [9.17, 15) is 13.2 Å². The molecule has 1 atom stereocenters. The van der Waals surface area contributed by atoms with Crippen molar-refractivity contribution in [2.24, 2.45) is 0 Å². The molecule has 0 heterocycles. The summed E-state index contributed by atoms with van der Waals surface area (Å²) in [5.41, 5.74) is 0. The first kappa shape index (κ1) is 12.7. The minimum absolute atomic E-state index is 0.135. The van der Waals surface area contributed by atoms with Crippen LogP contribution in [-0.2, 0) is 15.1 Å². The molecule has 0 bridgehead atoms. The second kappa shape index (κ2) is 5.43. The minimum Gasteiger partial charge on any atom is -0.480 e. The highest BCUT2D eigenvalue weighted by molar-refractivity contribution is 7.98. The van der Waals surface area contributed by atoms with Gasteiger partial charge in [-0.25, -0.2) is 0 Å². The van der Waals surface area contributed by atoms with Crippen molar-refractivity contribution in [1.82, 2.24) is 4.72 Å². The van der Waals surface area contributed by atoms with Gasteiger partial charge in [-0.05, 0) is 18.4 Å². The van der Waals surface area contributed by atoms with Crippen LogP contribution in [0.25, 0.3) is 0 Å². The fourth-order valence-corrected chi connectivity index (χ4v) is 1.70. The maximum atomic E-state index is 10.4. The van der Waals surface area contributed by atoms with Gasteiger partial charge in [0.15, 0.2) is 0 Å². The fourth-order valence-electron chi connectivity index (χ4n) is 0.648. The van der Waals surface area contributed by atoms with Crippen LogP contribution in [0.4, 0.5) is 0 Å². The van der Waals surface area contributed by atoms with Gasteiger partial charge in [0, 0.05) is 0 Å². The van der Waals surface area contributed by atoms with Gasteiger partial charge in [-0.3, -0.25) is 9.35 Å². The van der Waals surface area contributed by atoms with E-state index < -0.39 is 22.3 Å². The van der Waals surface area contributed by atoms with E-state index in [1.807, 2.05) is 0 Å². The lowest BCUT2D eigenvalue weighted by Gasteiger charge is -2.10. The summed E-state index contributed by atoms with van der Waals surface area (Å²) < 4.78 is 30.5. The van der Waals surface area contributed by atoms with Crippen molar-refractivity contribution in [3.63, 3.8) is 0 Å². The average Bonchev–Trinajstić information content (AvgIpc) is 1.95. The van der Waals surface area contributed by atoms with Crippen LogP contribution in [-0.4, -0.2) is 42.1 Å². The first-order chi connectivity index (χ1) is 5.87. The van der Waals surface area contributed by atoms with Crippen LogP contribution in [0.15, 0.2) is 0 Å². The normalized spacial score (nSPS) is 14.0. The van der Waals surface area contributed by atoms with E-state index in [1.54, 1.807) is 11.0 Å². The van der Waals surface area contributed by atoms with E-state index in [1.165, 1.54) is 11.8 Å². The molecule has 0 unspecified atom stereocenters. The standard InChI is InChI=1S/C5H11NO5S2/c1-12-3-2-4(5(7)8)6-13(9,10)11/h4,6H,2-3H2,1H3,(H,7,8)(H,9,10,11)/t4-/m0/s1. The van der Waals surface area contributed by atoms with Crippen molar-refractivity contribution in [3.8, 4) is 0 Å². The van der Waals surface area contributed by atoms with E-state index in [2.05, 4.69) is 0 Å². The molecule has 0 aliphatic rings. The summed E-state index contributed by atoms with van der Waals surface area (Å²) in [5.74, 6) is -0.800. The number of carbonyl (C=O) groups is 1. The van der Waals surface area contributed by atoms with E-state index in [-0.39, 0.29) is 6.42 Å². The molecule has 0 aliphatic heterocycles. The highest BCUT2D eigenvalue weighted by atomic mass is 32.2. The molecule has 0 saturated heterocycles. The molecule has 0 aromatic carbocycles. The maximum absolute atomic E-state index is 10.4. The lowest BCUT2D eigenvalue weighted by Crippen LogP contribution is -2.40. The van der Waals surface area contributed by atoms with Gasteiger partial charge in [0.2, 0.25) is 0 Å². The van der Waals surface area contributed by atoms with Crippen molar-refractivity contribution in [3.05, 3.63) is 0 Å². The quantitative estimate of drug-likeness (QED) is 0.535. The first-order valence-corrected chi connectivity index (χ1v) is 6.16. The summed E-state index contributed by atoms with van der Waals surface area (Å²) >= 11 is 1.39. The zero-order valence-corrected chi connectivity index (χ0v) is 8.56. The Labute approximate surface area is 80.6 Å². The predicted molar refractivity (Wildman–Crippen MR) is 49.1 cm³/mol. The van der Waals surface area contributed by atoms with Gasteiger partial charge in [0.25, 0.3) is 0 Å². The van der Waals surface area contributed by atoms with E-state index >= 15 is 0 Å². The van der Waals surface area contributed by atoms with Gasteiger partial charge < -0.3 is 5.11 Å². The Bertz CT molecular complexity index is 262. The highest BCUT2D eigenvalue weighted by Crippen LogP contribution is 2.01. The molecule has 8 heteroatoms. The molecule has 78 valence electrons. The molecule has 0 rings (SSSR count). The van der Waals surface area contributed by atoms with Crippen LogP contribution in [0.1, 0.15) is 6.42 Å². The van der Waals surface area contributed by atoms with Crippen molar-refractivity contribution in [2.75, 3.05) is 12.0 Å². The molecule has 0 aromatic heterocycles. The van der Waals surface area contributed by atoms with Crippen LogP contribution in [0.3, 0.4) is 0 Å². The molecule has 0 spiro atoms. The molecule has 0 aromatic rings. The van der Waals surface area contributed by atoms with E-state index in [4.69, 9.17) is 9.66 Å². The summed E-state index contributed by atoms with van der Waals surface area (Å²) in [6.07, 6.45) is 1.91. The number of carboxylic acids is 1. The van der Waals surface area contributed by atoms with E-state index in [0.29, 0.717) is 5.75 Å². The van der Waals surface area contributed by atoms with Crippen LogP contribution in [0.5, 0.6) is 0 Å². The zero-order chi connectivity index (χ0) is 10.5. The second-order valence-electron chi connectivity index (χ2n) is 2.27. The molecule has 0 saturated carbocycles. The molecule has 0 radical (unpaired) electrons.